The fraction of sp³-hybridized carbons (Fsp3) is 0.167. The molecule has 0 aromatic carbocycles. The highest BCUT2D eigenvalue weighted by Crippen LogP contribution is 2.01. The predicted molar refractivity (Wildman–Crippen MR) is 46.8 cm³/mol. The van der Waals surface area contributed by atoms with Crippen LogP contribution in [0.2, 0.25) is 5.15 Å². The van der Waals surface area contributed by atoms with Crippen molar-refractivity contribution in [2.75, 3.05) is 12.8 Å². The molecule has 76 valence electrons. The number of carbonyl (C=O) groups excluding carboxylic acids is 1. The Bertz CT molecular complexity index is 428. The second-order valence-corrected chi connectivity index (χ2v) is 2.58. The molecule has 1 aromatic heterocycles. The normalized spacial score (nSPS) is 11.4. The van der Waals surface area contributed by atoms with Crippen molar-refractivity contribution in [2.45, 2.75) is 0 Å². The van der Waals surface area contributed by atoms with Gasteiger partial charge in [0.1, 0.15) is 5.15 Å². The van der Waals surface area contributed by atoms with Crippen LogP contribution in [0.3, 0.4) is 0 Å². The van der Waals surface area contributed by atoms with Crippen molar-refractivity contribution in [1.29, 1.82) is 0 Å². The van der Waals surface area contributed by atoms with Gasteiger partial charge in [0.15, 0.2) is 5.49 Å². The SMILES string of the molecule is COC(=O)N=c1cc(Cl)nc(N)n1O. The van der Waals surface area contributed by atoms with Gasteiger partial charge in [-0.1, -0.05) is 11.6 Å². The molecule has 0 bridgehead atoms. The van der Waals surface area contributed by atoms with Crippen molar-refractivity contribution in [2.24, 2.45) is 4.99 Å². The van der Waals surface area contributed by atoms with E-state index in [1.807, 2.05) is 0 Å². The molecular weight excluding hydrogens is 212 g/mol. The number of methoxy groups -OCH3 is 1. The van der Waals surface area contributed by atoms with Crippen LogP contribution in [0.1, 0.15) is 0 Å². The average Bonchev–Trinajstić information content (AvgIpc) is 2.13. The van der Waals surface area contributed by atoms with Gasteiger partial charge in [-0.3, -0.25) is 0 Å². The largest absolute Gasteiger partial charge is 0.451 e. The third-order valence-electron chi connectivity index (χ3n) is 1.28. The first-order valence-corrected chi connectivity index (χ1v) is 3.79. The Morgan fingerprint density at radius 2 is 2.50 bits per heavy atom. The molecule has 1 heterocycles. The maximum absolute atomic E-state index is 10.7. The number of nitrogen functional groups attached to an aromatic ring is 1. The van der Waals surface area contributed by atoms with Crippen LogP contribution in [0.4, 0.5) is 10.7 Å². The Labute approximate surface area is 83.4 Å². The molecule has 0 unspecified atom stereocenters. The molecule has 8 heteroatoms. The monoisotopic (exact) mass is 218 g/mol. The minimum Gasteiger partial charge on any atom is -0.451 e. The summed E-state index contributed by atoms with van der Waals surface area (Å²) in [6.45, 7) is 0. The van der Waals surface area contributed by atoms with Gasteiger partial charge in [0.25, 0.3) is 0 Å². The van der Waals surface area contributed by atoms with Crippen LogP contribution >= 0.6 is 11.6 Å². The Kier molecular flexibility index (Phi) is 2.92. The van der Waals surface area contributed by atoms with E-state index in [4.69, 9.17) is 17.3 Å². The van der Waals surface area contributed by atoms with Gasteiger partial charge in [-0.2, -0.15) is 4.99 Å². The molecule has 3 N–H and O–H groups in total. The second kappa shape index (κ2) is 3.97. The lowest BCUT2D eigenvalue weighted by Crippen LogP contribution is -2.24. The van der Waals surface area contributed by atoms with Gasteiger partial charge in [-0.15, -0.1) is 4.73 Å². The summed E-state index contributed by atoms with van der Waals surface area (Å²) < 4.78 is 4.67. The maximum Gasteiger partial charge on any atom is 0.435 e. The van der Waals surface area contributed by atoms with Crippen LogP contribution in [-0.2, 0) is 4.74 Å². The number of amides is 1. The summed E-state index contributed by atoms with van der Waals surface area (Å²) in [6, 6.07) is 1.16. The number of carbonyl (C=O) groups is 1. The van der Waals surface area contributed by atoms with Crippen molar-refractivity contribution >= 4 is 23.6 Å². The van der Waals surface area contributed by atoms with E-state index in [1.54, 1.807) is 0 Å². The van der Waals surface area contributed by atoms with E-state index < -0.39 is 6.09 Å². The molecule has 0 aliphatic carbocycles. The molecule has 0 atom stereocenters. The van der Waals surface area contributed by atoms with E-state index in [1.165, 1.54) is 0 Å². The predicted octanol–water partition coefficient (Wildman–Crippen LogP) is 0.0231. The first-order valence-electron chi connectivity index (χ1n) is 3.41. The van der Waals surface area contributed by atoms with E-state index in [2.05, 4.69) is 14.7 Å². The van der Waals surface area contributed by atoms with E-state index >= 15 is 0 Å². The molecule has 1 amide bonds. The van der Waals surface area contributed by atoms with Crippen LogP contribution < -0.4 is 11.2 Å². The third kappa shape index (κ3) is 2.13. The fourth-order valence-corrected chi connectivity index (χ4v) is 0.877. The van der Waals surface area contributed by atoms with Crippen molar-refractivity contribution < 1.29 is 14.7 Å². The van der Waals surface area contributed by atoms with Crippen molar-refractivity contribution in [3.05, 3.63) is 16.7 Å². The summed E-state index contributed by atoms with van der Waals surface area (Å²) in [5.74, 6) is -0.278. The van der Waals surface area contributed by atoms with Crippen LogP contribution in [0, 0.1) is 0 Å². The third-order valence-corrected chi connectivity index (χ3v) is 1.48. The van der Waals surface area contributed by atoms with Gasteiger partial charge < -0.3 is 15.7 Å². The Balaban J connectivity index is 3.34. The minimum absolute atomic E-state index is 0.00968. The van der Waals surface area contributed by atoms with Crippen molar-refractivity contribution in [3.63, 3.8) is 0 Å². The van der Waals surface area contributed by atoms with Gasteiger partial charge in [0.05, 0.1) is 7.11 Å². The van der Waals surface area contributed by atoms with E-state index in [0.717, 1.165) is 13.2 Å². The Hall–Kier alpha value is -1.76. The molecule has 14 heavy (non-hydrogen) atoms. The molecule has 1 aromatic rings. The van der Waals surface area contributed by atoms with Gasteiger partial charge >= 0.3 is 6.09 Å². The zero-order chi connectivity index (χ0) is 10.7. The average molecular weight is 219 g/mol. The molecule has 0 aliphatic heterocycles. The lowest BCUT2D eigenvalue weighted by atomic mass is 10.6. The lowest BCUT2D eigenvalue weighted by Gasteiger charge is -2.01. The zero-order valence-corrected chi connectivity index (χ0v) is 7.89. The number of ether oxygens (including phenoxy) is 1. The molecule has 0 aliphatic rings. The lowest BCUT2D eigenvalue weighted by molar-refractivity contribution is 0.165. The molecule has 0 saturated heterocycles. The summed E-state index contributed by atoms with van der Waals surface area (Å²) in [6.07, 6.45) is -0.880. The van der Waals surface area contributed by atoms with Crippen LogP contribution in [0.15, 0.2) is 11.1 Å². The van der Waals surface area contributed by atoms with Crippen LogP contribution in [0.5, 0.6) is 0 Å². The van der Waals surface area contributed by atoms with Crippen molar-refractivity contribution in [1.82, 2.24) is 9.71 Å². The number of rotatable bonds is 0. The van der Waals surface area contributed by atoms with E-state index in [-0.39, 0.29) is 16.6 Å². The van der Waals surface area contributed by atoms with Gasteiger partial charge in [0, 0.05) is 6.07 Å². The molecular formula is C6H7ClN4O3. The highest BCUT2D eigenvalue weighted by molar-refractivity contribution is 6.29. The van der Waals surface area contributed by atoms with Crippen LogP contribution in [-0.4, -0.2) is 28.1 Å². The Morgan fingerprint density at radius 1 is 1.86 bits per heavy atom. The summed E-state index contributed by atoms with van der Waals surface area (Å²) in [5, 5.41) is 9.25. The summed E-state index contributed by atoms with van der Waals surface area (Å²) in [7, 11) is 1.15. The van der Waals surface area contributed by atoms with E-state index in [0.29, 0.717) is 4.73 Å². The standard InChI is InChI=1S/C6H7ClN4O3/c1-14-6(12)10-4-2-3(7)9-5(8)11(4)13/h2,13H,1H3,(H2,8,9). The smallest absolute Gasteiger partial charge is 0.435 e. The number of hydrogen-bond donors (Lipinski definition) is 2. The summed E-state index contributed by atoms with van der Waals surface area (Å²) >= 11 is 5.52. The molecule has 0 radical (unpaired) electrons. The zero-order valence-electron chi connectivity index (χ0n) is 7.14. The quantitative estimate of drug-likeness (QED) is 0.472. The van der Waals surface area contributed by atoms with Gasteiger partial charge in [-0.05, 0) is 0 Å². The first-order chi connectivity index (χ1) is 6.54. The molecule has 0 fully saturated rings. The summed E-state index contributed by atoms with van der Waals surface area (Å²) in [5.41, 5.74) is 5.09. The first kappa shape index (κ1) is 10.3. The highest BCUT2D eigenvalue weighted by Gasteiger charge is 2.03. The fourth-order valence-electron chi connectivity index (χ4n) is 0.693. The minimum atomic E-state index is -0.880. The highest BCUT2D eigenvalue weighted by atomic mass is 35.5. The molecule has 1 rings (SSSR count). The number of nitrogens with zero attached hydrogens (tertiary/aromatic N) is 3. The number of hydrogen-bond acceptors (Lipinski definition) is 5. The van der Waals surface area contributed by atoms with Gasteiger partial charge in [-0.25, -0.2) is 9.78 Å². The second-order valence-electron chi connectivity index (χ2n) is 2.19. The molecule has 7 nitrogen and oxygen atoms in total. The number of nitrogens with two attached hydrogens (primary N) is 1. The van der Waals surface area contributed by atoms with Crippen molar-refractivity contribution in [3.8, 4) is 0 Å². The Morgan fingerprint density at radius 3 is 3.07 bits per heavy atom. The maximum atomic E-state index is 10.7. The topological polar surface area (TPSA) is 103 Å². The number of halogens is 1. The van der Waals surface area contributed by atoms with Gasteiger partial charge in [0.2, 0.25) is 5.95 Å². The number of anilines is 1. The summed E-state index contributed by atoms with van der Waals surface area (Å²) in [4.78, 5) is 17.6. The number of aromatic nitrogens is 2. The van der Waals surface area contributed by atoms with Crippen LogP contribution in [0.25, 0.3) is 0 Å². The van der Waals surface area contributed by atoms with E-state index in [9.17, 15) is 10.0 Å². The molecule has 0 saturated carbocycles. The molecule has 0 spiro atoms.